The molecule has 2 aromatic heterocycles. The number of likely N-dealkylation sites (N-methyl/N-ethyl adjacent to an activating group) is 1. The van der Waals surface area contributed by atoms with Gasteiger partial charge in [-0.05, 0) is 6.07 Å². The topological polar surface area (TPSA) is 102 Å². The molecule has 0 aliphatic heterocycles. The van der Waals surface area contributed by atoms with Crippen molar-refractivity contribution < 1.29 is 22.5 Å². The average molecular weight is 345 g/mol. The lowest BCUT2D eigenvalue weighted by molar-refractivity contribution is 0.102. The Morgan fingerprint density at radius 2 is 2.32 bits per heavy atom. The molecular weight excluding hydrogens is 330 g/mol. The van der Waals surface area contributed by atoms with Gasteiger partial charge in [0.2, 0.25) is 10.0 Å². The Bertz CT molecular complexity index is 724. The van der Waals surface area contributed by atoms with Crippen LogP contribution >= 0.6 is 11.3 Å². The van der Waals surface area contributed by atoms with E-state index in [2.05, 4.69) is 15.0 Å². The van der Waals surface area contributed by atoms with E-state index in [1.54, 1.807) is 0 Å². The third kappa shape index (κ3) is 3.71. The quantitative estimate of drug-likeness (QED) is 0.810. The summed E-state index contributed by atoms with van der Waals surface area (Å²) in [4.78, 5) is 12.3. The number of aromatic nitrogens is 1. The molecule has 0 radical (unpaired) electrons. The minimum Gasteiger partial charge on any atom is -0.383 e. The number of anilines is 1. The van der Waals surface area contributed by atoms with Crippen LogP contribution in [0.3, 0.4) is 0 Å². The molecular formula is C12H15N3O5S2. The molecule has 2 heterocycles. The average Bonchev–Trinajstić information content (AvgIpc) is 3.15. The van der Waals surface area contributed by atoms with E-state index < -0.39 is 15.9 Å². The number of thiophene rings is 1. The fraction of sp³-hybridized carbons (Fsp3) is 0.333. The number of hydrogen-bond donors (Lipinski definition) is 1. The van der Waals surface area contributed by atoms with Crippen LogP contribution in [0, 0.1) is 0 Å². The van der Waals surface area contributed by atoms with Crippen LogP contribution in [0.4, 0.5) is 5.82 Å². The number of carbonyl (C=O) groups excluding carboxylic acids is 1. The molecule has 1 N–H and O–H groups in total. The lowest BCUT2D eigenvalue weighted by atomic mass is 10.4. The number of ether oxygens (including phenoxy) is 1. The highest BCUT2D eigenvalue weighted by molar-refractivity contribution is 7.89. The lowest BCUT2D eigenvalue weighted by Crippen LogP contribution is -2.29. The fourth-order valence-corrected chi connectivity index (χ4v) is 3.86. The van der Waals surface area contributed by atoms with Gasteiger partial charge in [0.15, 0.2) is 5.82 Å². The van der Waals surface area contributed by atoms with Gasteiger partial charge in [-0.1, -0.05) is 5.16 Å². The smallest absolute Gasteiger partial charge is 0.267 e. The van der Waals surface area contributed by atoms with Crippen molar-refractivity contribution in [3.05, 3.63) is 28.7 Å². The van der Waals surface area contributed by atoms with Gasteiger partial charge in [-0.2, -0.15) is 4.31 Å². The van der Waals surface area contributed by atoms with E-state index in [0.717, 1.165) is 11.3 Å². The van der Waals surface area contributed by atoms with E-state index in [4.69, 9.17) is 4.74 Å². The number of hydrogen-bond acceptors (Lipinski definition) is 7. The monoisotopic (exact) mass is 345 g/mol. The molecule has 22 heavy (non-hydrogen) atoms. The van der Waals surface area contributed by atoms with Crippen molar-refractivity contribution in [2.75, 3.05) is 32.6 Å². The van der Waals surface area contributed by atoms with Crippen molar-refractivity contribution in [3.63, 3.8) is 0 Å². The Hall–Kier alpha value is -1.75. The molecule has 0 aliphatic rings. The third-order valence-electron chi connectivity index (χ3n) is 2.80. The largest absolute Gasteiger partial charge is 0.383 e. The van der Waals surface area contributed by atoms with E-state index >= 15 is 0 Å². The van der Waals surface area contributed by atoms with E-state index in [9.17, 15) is 13.2 Å². The van der Waals surface area contributed by atoms with Gasteiger partial charge < -0.3 is 14.6 Å². The van der Waals surface area contributed by atoms with Gasteiger partial charge in [0, 0.05) is 32.1 Å². The van der Waals surface area contributed by atoms with Crippen LogP contribution in [0.25, 0.3) is 0 Å². The van der Waals surface area contributed by atoms with Gasteiger partial charge in [0.25, 0.3) is 5.91 Å². The fourth-order valence-electron chi connectivity index (χ4n) is 1.55. The highest BCUT2D eigenvalue weighted by Gasteiger charge is 2.23. The number of carbonyl (C=O) groups is 1. The maximum atomic E-state index is 12.3. The first-order chi connectivity index (χ1) is 10.4. The molecule has 2 rings (SSSR count). The minimum absolute atomic E-state index is 0.0707. The van der Waals surface area contributed by atoms with E-state index in [1.807, 2.05) is 0 Å². The Balaban J connectivity index is 2.11. The van der Waals surface area contributed by atoms with E-state index in [1.165, 1.54) is 42.2 Å². The molecule has 120 valence electrons. The van der Waals surface area contributed by atoms with Crippen molar-refractivity contribution in [1.82, 2.24) is 9.46 Å². The third-order valence-corrected chi connectivity index (χ3v) is 5.71. The summed E-state index contributed by atoms with van der Waals surface area (Å²) in [6.45, 7) is 0.522. The molecule has 2 aromatic rings. The normalized spacial score (nSPS) is 11.8. The number of rotatable bonds is 7. The zero-order chi connectivity index (χ0) is 16.2. The van der Waals surface area contributed by atoms with Crippen LogP contribution in [-0.4, -0.2) is 51.1 Å². The standard InChI is InChI=1S/C12H15N3O5S2/c1-15(4-6-19-2)22(17,18)9-7-10(21-8-9)12(16)13-11-3-5-20-14-11/h3,5,7-8H,4,6H2,1-2H3,(H,13,14,16). The Labute approximate surface area is 131 Å². The molecule has 8 nitrogen and oxygen atoms in total. The Kier molecular flexibility index (Phi) is 5.29. The molecule has 0 spiro atoms. The second-order valence-corrected chi connectivity index (χ2v) is 7.26. The predicted octanol–water partition coefficient (Wildman–Crippen LogP) is 1.26. The highest BCUT2D eigenvalue weighted by Crippen LogP contribution is 2.22. The molecule has 0 saturated carbocycles. The van der Waals surface area contributed by atoms with E-state index in [0.29, 0.717) is 6.61 Å². The van der Waals surface area contributed by atoms with Gasteiger partial charge in [-0.25, -0.2) is 8.42 Å². The highest BCUT2D eigenvalue weighted by atomic mass is 32.2. The summed E-state index contributed by atoms with van der Waals surface area (Å²) in [5.74, 6) is -0.181. The number of methoxy groups -OCH3 is 1. The van der Waals surface area contributed by atoms with Crippen molar-refractivity contribution in [3.8, 4) is 0 Å². The van der Waals surface area contributed by atoms with Crippen molar-refractivity contribution in [2.24, 2.45) is 0 Å². The van der Waals surface area contributed by atoms with Crippen molar-refractivity contribution in [2.45, 2.75) is 4.90 Å². The van der Waals surface area contributed by atoms with Crippen LogP contribution in [-0.2, 0) is 14.8 Å². The summed E-state index contributed by atoms with van der Waals surface area (Å²) in [7, 11) is -0.679. The van der Waals surface area contributed by atoms with Crippen LogP contribution in [0.1, 0.15) is 9.67 Å². The van der Waals surface area contributed by atoms with Gasteiger partial charge in [0.05, 0.1) is 16.4 Å². The molecule has 0 saturated heterocycles. The molecule has 0 aromatic carbocycles. The summed E-state index contributed by atoms with van der Waals surface area (Å²) < 4.78 is 35.3. The van der Waals surface area contributed by atoms with Gasteiger partial charge >= 0.3 is 0 Å². The summed E-state index contributed by atoms with van der Waals surface area (Å²) in [6, 6.07) is 2.82. The van der Waals surface area contributed by atoms with Gasteiger partial charge in [0.1, 0.15) is 6.26 Å². The molecule has 1 amide bonds. The zero-order valence-corrected chi connectivity index (χ0v) is 13.6. The maximum absolute atomic E-state index is 12.3. The van der Waals surface area contributed by atoms with Crippen LogP contribution in [0.5, 0.6) is 0 Å². The van der Waals surface area contributed by atoms with Crippen LogP contribution in [0.2, 0.25) is 0 Å². The molecule has 0 aliphatic carbocycles. The lowest BCUT2D eigenvalue weighted by Gasteiger charge is -2.15. The van der Waals surface area contributed by atoms with Crippen molar-refractivity contribution >= 4 is 33.1 Å². The van der Waals surface area contributed by atoms with Gasteiger partial charge in [-0.15, -0.1) is 11.3 Å². The molecule has 0 fully saturated rings. The molecule has 0 bridgehead atoms. The summed E-state index contributed by atoms with van der Waals surface area (Å²) in [5.41, 5.74) is 0. The molecule has 0 unspecified atom stereocenters. The SMILES string of the molecule is COCCN(C)S(=O)(=O)c1csc(C(=O)Nc2ccon2)c1. The number of nitrogens with zero attached hydrogens (tertiary/aromatic N) is 2. The van der Waals surface area contributed by atoms with Crippen molar-refractivity contribution in [1.29, 1.82) is 0 Å². The molecule has 10 heteroatoms. The second-order valence-electron chi connectivity index (χ2n) is 4.30. The Morgan fingerprint density at radius 1 is 1.55 bits per heavy atom. The van der Waals surface area contributed by atoms with Gasteiger partial charge in [-0.3, -0.25) is 4.79 Å². The number of nitrogens with one attached hydrogen (secondary N) is 1. The summed E-state index contributed by atoms with van der Waals surface area (Å²) in [5, 5.41) is 7.49. The predicted molar refractivity (Wildman–Crippen MR) is 80.5 cm³/mol. The van der Waals surface area contributed by atoms with Crippen LogP contribution in [0.15, 0.2) is 33.2 Å². The number of amides is 1. The Morgan fingerprint density at radius 3 is 2.95 bits per heavy atom. The summed E-state index contributed by atoms with van der Waals surface area (Å²) in [6.07, 6.45) is 1.32. The minimum atomic E-state index is -3.64. The number of sulfonamides is 1. The first-order valence-corrected chi connectivity index (χ1v) is 8.52. The zero-order valence-electron chi connectivity index (χ0n) is 12.0. The second kappa shape index (κ2) is 7.01. The first kappa shape index (κ1) is 16.6. The van der Waals surface area contributed by atoms with Crippen LogP contribution < -0.4 is 5.32 Å². The summed E-state index contributed by atoms with van der Waals surface area (Å²) >= 11 is 1.04. The first-order valence-electron chi connectivity index (χ1n) is 6.20. The molecule has 0 atom stereocenters. The van der Waals surface area contributed by atoms with E-state index in [-0.39, 0.29) is 22.1 Å². The maximum Gasteiger partial charge on any atom is 0.267 e.